The van der Waals surface area contributed by atoms with Crippen molar-refractivity contribution in [3.05, 3.63) is 99.5 Å². The number of benzene rings is 3. The van der Waals surface area contributed by atoms with Crippen LogP contribution in [0, 0.1) is 0 Å². The second-order valence-corrected chi connectivity index (χ2v) is 8.06. The van der Waals surface area contributed by atoms with Crippen LogP contribution < -0.4 is 10.5 Å². The van der Waals surface area contributed by atoms with Gasteiger partial charge in [-0.1, -0.05) is 54.1 Å². The molecule has 7 nitrogen and oxygen atoms in total. The van der Waals surface area contributed by atoms with Gasteiger partial charge in [0, 0.05) is 17.0 Å². The molecule has 1 aliphatic heterocycles. The number of rotatable bonds is 5. The zero-order valence-electron chi connectivity index (χ0n) is 17.8. The number of hydrazone groups is 1. The zero-order chi connectivity index (χ0) is 22.9. The van der Waals surface area contributed by atoms with E-state index in [0.29, 0.717) is 34.0 Å². The zero-order valence-corrected chi connectivity index (χ0v) is 18.5. The number of carbonyl (C=O) groups is 1. The SMILES string of the molecule is COc1ccccc1C1=NN(C(=O)Cn2c(=O)oc3ccccc32)C(c2ccccc2Cl)C1. The maximum absolute atomic E-state index is 13.5. The van der Waals surface area contributed by atoms with E-state index in [2.05, 4.69) is 5.10 Å². The summed E-state index contributed by atoms with van der Waals surface area (Å²) in [6, 6.07) is 21.5. The van der Waals surface area contributed by atoms with Gasteiger partial charge in [-0.15, -0.1) is 0 Å². The van der Waals surface area contributed by atoms with Gasteiger partial charge in [0.1, 0.15) is 12.3 Å². The molecule has 33 heavy (non-hydrogen) atoms. The average molecular weight is 462 g/mol. The Balaban J connectivity index is 1.55. The van der Waals surface area contributed by atoms with E-state index in [9.17, 15) is 9.59 Å². The summed E-state index contributed by atoms with van der Waals surface area (Å²) in [5.74, 6) is -0.272. The van der Waals surface area contributed by atoms with E-state index in [1.807, 2.05) is 42.5 Å². The van der Waals surface area contributed by atoms with Crippen molar-refractivity contribution in [1.82, 2.24) is 9.58 Å². The van der Waals surface area contributed by atoms with Crippen LogP contribution in [0.1, 0.15) is 23.6 Å². The molecule has 8 heteroatoms. The molecule has 0 aliphatic carbocycles. The Bertz CT molecular complexity index is 1440. The van der Waals surface area contributed by atoms with Gasteiger partial charge >= 0.3 is 5.76 Å². The molecule has 1 unspecified atom stereocenters. The van der Waals surface area contributed by atoms with Gasteiger partial charge in [-0.05, 0) is 35.9 Å². The first-order valence-electron chi connectivity index (χ1n) is 10.4. The maximum Gasteiger partial charge on any atom is 0.420 e. The first-order chi connectivity index (χ1) is 16.1. The van der Waals surface area contributed by atoms with Crippen molar-refractivity contribution in [3.63, 3.8) is 0 Å². The van der Waals surface area contributed by atoms with Crippen molar-refractivity contribution < 1.29 is 13.9 Å². The summed E-state index contributed by atoms with van der Waals surface area (Å²) in [6.07, 6.45) is 0.455. The maximum atomic E-state index is 13.5. The quantitative estimate of drug-likeness (QED) is 0.434. The van der Waals surface area contributed by atoms with Crippen molar-refractivity contribution in [2.24, 2.45) is 5.10 Å². The number of hydrogen-bond donors (Lipinski definition) is 0. The fourth-order valence-electron chi connectivity index (χ4n) is 4.15. The molecule has 1 atom stereocenters. The summed E-state index contributed by atoms with van der Waals surface area (Å²) in [6.45, 7) is -0.209. The molecule has 0 spiro atoms. The number of ether oxygens (including phenoxy) is 1. The Kier molecular flexibility index (Phi) is 5.48. The van der Waals surface area contributed by atoms with Crippen LogP contribution in [0.2, 0.25) is 5.02 Å². The Hall–Kier alpha value is -3.84. The number of nitrogens with zero attached hydrogens (tertiary/aromatic N) is 3. The number of amides is 1. The van der Waals surface area contributed by atoms with E-state index in [1.54, 1.807) is 37.4 Å². The number of halogens is 1. The molecule has 0 bridgehead atoms. The monoisotopic (exact) mass is 461 g/mol. The third-order valence-corrected chi connectivity index (χ3v) is 6.06. The van der Waals surface area contributed by atoms with Gasteiger partial charge in [-0.25, -0.2) is 9.80 Å². The lowest BCUT2D eigenvalue weighted by molar-refractivity contribution is -0.133. The highest BCUT2D eigenvalue weighted by atomic mass is 35.5. The van der Waals surface area contributed by atoms with Gasteiger partial charge in [0.2, 0.25) is 0 Å². The Morgan fingerprint density at radius 2 is 1.82 bits per heavy atom. The normalized spacial score (nSPS) is 15.6. The van der Waals surface area contributed by atoms with Gasteiger partial charge < -0.3 is 9.15 Å². The molecule has 0 fully saturated rings. The molecule has 5 rings (SSSR count). The van der Waals surface area contributed by atoms with E-state index in [0.717, 1.165) is 11.1 Å². The minimum absolute atomic E-state index is 0.209. The van der Waals surface area contributed by atoms with E-state index in [-0.39, 0.29) is 12.5 Å². The van der Waals surface area contributed by atoms with Crippen molar-refractivity contribution >= 4 is 34.3 Å². The largest absolute Gasteiger partial charge is 0.496 e. The Morgan fingerprint density at radius 3 is 2.64 bits per heavy atom. The molecular formula is C25H20ClN3O4. The van der Waals surface area contributed by atoms with Gasteiger partial charge in [-0.3, -0.25) is 9.36 Å². The van der Waals surface area contributed by atoms with E-state index >= 15 is 0 Å². The third kappa shape index (κ3) is 3.81. The van der Waals surface area contributed by atoms with Crippen molar-refractivity contribution in [2.75, 3.05) is 7.11 Å². The summed E-state index contributed by atoms with van der Waals surface area (Å²) in [5.41, 5.74) is 3.27. The third-order valence-electron chi connectivity index (χ3n) is 5.72. The summed E-state index contributed by atoms with van der Waals surface area (Å²) in [4.78, 5) is 25.9. The number of para-hydroxylation sites is 3. The topological polar surface area (TPSA) is 77.0 Å². The minimum atomic E-state index is -0.591. The van der Waals surface area contributed by atoms with Crippen LogP contribution in [0.25, 0.3) is 11.1 Å². The van der Waals surface area contributed by atoms with Crippen molar-refractivity contribution in [1.29, 1.82) is 0 Å². The van der Waals surface area contributed by atoms with Gasteiger partial charge in [0.05, 0.1) is 24.4 Å². The number of carbonyl (C=O) groups excluding carboxylic acids is 1. The summed E-state index contributed by atoms with van der Waals surface area (Å²) >= 11 is 6.49. The first kappa shape index (κ1) is 21.0. The van der Waals surface area contributed by atoms with Crippen LogP contribution in [-0.2, 0) is 11.3 Å². The van der Waals surface area contributed by atoms with Gasteiger partial charge in [-0.2, -0.15) is 5.10 Å². The fraction of sp³-hybridized carbons (Fsp3) is 0.160. The Morgan fingerprint density at radius 1 is 1.09 bits per heavy atom. The number of hydrogen-bond acceptors (Lipinski definition) is 5. The lowest BCUT2D eigenvalue weighted by Crippen LogP contribution is -2.32. The average Bonchev–Trinajstić information content (AvgIpc) is 3.41. The number of aromatic nitrogens is 1. The van der Waals surface area contributed by atoms with Gasteiger partial charge in [0.25, 0.3) is 5.91 Å². The molecule has 1 aliphatic rings. The molecule has 0 saturated heterocycles. The lowest BCUT2D eigenvalue weighted by atomic mass is 9.98. The minimum Gasteiger partial charge on any atom is -0.496 e. The molecule has 0 radical (unpaired) electrons. The second kappa shape index (κ2) is 8.60. The van der Waals surface area contributed by atoms with E-state index in [1.165, 1.54) is 9.58 Å². The number of fused-ring (bicyclic) bond motifs is 1. The predicted molar refractivity (Wildman–Crippen MR) is 126 cm³/mol. The highest BCUT2D eigenvalue weighted by molar-refractivity contribution is 6.31. The molecular weight excluding hydrogens is 442 g/mol. The lowest BCUT2D eigenvalue weighted by Gasteiger charge is -2.23. The highest BCUT2D eigenvalue weighted by Crippen LogP contribution is 2.37. The molecule has 1 amide bonds. The first-order valence-corrected chi connectivity index (χ1v) is 10.8. The van der Waals surface area contributed by atoms with Crippen LogP contribution in [0.4, 0.5) is 0 Å². The molecule has 2 heterocycles. The highest BCUT2D eigenvalue weighted by Gasteiger charge is 2.35. The van der Waals surface area contributed by atoms with Crippen LogP contribution in [0.3, 0.4) is 0 Å². The molecule has 0 N–H and O–H groups in total. The molecule has 4 aromatic rings. The van der Waals surface area contributed by atoms with Crippen LogP contribution in [0.15, 0.2) is 87.1 Å². The summed E-state index contributed by atoms with van der Waals surface area (Å²) in [7, 11) is 1.60. The van der Waals surface area contributed by atoms with Crippen LogP contribution in [0.5, 0.6) is 5.75 Å². The molecule has 1 aromatic heterocycles. The van der Waals surface area contributed by atoms with Gasteiger partial charge in [0.15, 0.2) is 5.58 Å². The van der Waals surface area contributed by atoms with Crippen LogP contribution in [-0.4, -0.2) is 28.3 Å². The molecule has 3 aromatic carbocycles. The Labute approximate surface area is 194 Å². The number of oxazole rings is 1. The molecule has 166 valence electrons. The van der Waals surface area contributed by atoms with E-state index in [4.69, 9.17) is 20.8 Å². The standard InChI is InChI=1S/C25H20ClN3O4/c1-32-22-12-6-3-9-17(22)19-14-21(16-8-2-4-10-18(16)26)29(27-19)24(30)15-28-20-11-5-7-13-23(20)33-25(28)31/h2-13,21H,14-15H2,1H3. The van der Waals surface area contributed by atoms with Crippen LogP contribution >= 0.6 is 11.6 Å². The number of methoxy groups -OCH3 is 1. The smallest absolute Gasteiger partial charge is 0.420 e. The molecule has 0 saturated carbocycles. The van der Waals surface area contributed by atoms with E-state index < -0.39 is 11.8 Å². The van der Waals surface area contributed by atoms with Crippen molar-refractivity contribution in [3.8, 4) is 5.75 Å². The van der Waals surface area contributed by atoms with Crippen molar-refractivity contribution in [2.45, 2.75) is 19.0 Å². The summed E-state index contributed by atoms with van der Waals surface area (Å²) < 4.78 is 12.1. The fourth-order valence-corrected chi connectivity index (χ4v) is 4.41. The predicted octanol–water partition coefficient (Wildman–Crippen LogP) is 4.63. The summed E-state index contributed by atoms with van der Waals surface area (Å²) in [5, 5.41) is 6.63. The second-order valence-electron chi connectivity index (χ2n) is 7.65.